The van der Waals surface area contributed by atoms with E-state index in [0.29, 0.717) is 13.0 Å². The second-order valence-corrected chi connectivity index (χ2v) is 7.36. The van der Waals surface area contributed by atoms with Gasteiger partial charge in [-0.25, -0.2) is 0 Å². The van der Waals surface area contributed by atoms with Gasteiger partial charge in [0.25, 0.3) is 0 Å². The van der Waals surface area contributed by atoms with E-state index in [1.807, 2.05) is 0 Å². The van der Waals surface area contributed by atoms with Crippen LogP contribution < -0.4 is 5.32 Å². The van der Waals surface area contributed by atoms with Crippen LogP contribution in [0.3, 0.4) is 0 Å². The number of aryl methyl sites for hydroxylation is 1. The molecule has 1 atom stereocenters. The molecule has 0 saturated carbocycles. The van der Waals surface area contributed by atoms with Crippen molar-refractivity contribution in [2.45, 2.75) is 57.9 Å². The zero-order valence-electron chi connectivity index (χ0n) is 13.7. The molecule has 0 aromatic heterocycles. The van der Waals surface area contributed by atoms with Gasteiger partial charge in [0.05, 0.1) is 12.1 Å². The number of nitrogens with one attached hydrogen (secondary N) is 1. The largest absolute Gasteiger partial charge is 0.379 e. The van der Waals surface area contributed by atoms with Crippen LogP contribution in [0.5, 0.6) is 0 Å². The average Bonchev–Trinajstić information content (AvgIpc) is 2.82. The Balaban J connectivity index is 1.84. The summed E-state index contributed by atoms with van der Waals surface area (Å²) in [5.74, 6) is 0.114. The van der Waals surface area contributed by atoms with Gasteiger partial charge in [-0.05, 0) is 36.3 Å². The molecule has 0 bridgehead atoms. The maximum atomic E-state index is 12.0. The van der Waals surface area contributed by atoms with Crippen LogP contribution in [0.1, 0.15) is 51.7 Å². The van der Waals surface area contributed by atoms with Gasteiger partial charge in [-0.1, -0.05) is 45.0 Å². The Kier molecular flexibility index (Phi) is 4.72. The van der Waals surface area contributed by atoms with Gasteiger partial charge in [-0.3, -0.25) is 4.79 Å². The lowest BCUT2D eigenvalue weighted by atomic mass is 9.86. The van der Waals surface area contributed by atoms with Gasteiger partial charge in [-0.2, -0.15) is 0 Å². The summed E-state index contributed by atoms with van der Waals surface area (Å²) in [6, 6.07) is 8.60. The van der Waals surface area contributed by atoms with Crippen molar-refractivity contribution in [1.82, 2.24) is 5.32 Å². The van der Waals surface area contributed by atoms with Crippen LogP contribution in [0.2, 0.25) is 0 Å². The molecule has 1 fully saturated rings. The van der Waals surface area contributed by atoms with Crippen molar-refractivity contribution in [3.63, 3.8) is 0 Å². The summed E-state index contributed by atoms with van der Waals surface area (Å²) < 4.78 is 5.35. The third-order valence-electron chi connectivity index (χ3n) is 4.12. The summed E-state index contributed by atoms with van der Waals surface area (Å²) in [5, 5.41) is 3.10. The zero-order chi connectivity index (χ0) is 15.5. The minimum Gasteiger partial charge on any atom is -0.379 e. The summed E-state index contributed by atoms with van der Waals surface area (Å²) in [4.78, 5) is 12.0. The van der Waals surface area contributed by atoms with Gasteiger partial charge < -0.3 is 10.1 Å². The first-order chi connectivity index (χ1) is 9.78. The topological polar surface area (TPSA) is 38.3 Å². The van der Waals surface area contributed by atoms with E-state index in [4.69, 9.17) is 4.74 Å². The van der Waals surface area contributed by atoms with Crippen LogP contribution in [0.4, 0.5) is 0 Å². The number of carbonyl (C=O) groups excluding carboxylic acids is 1. The molecule has 1 amide bonds. The number of ether oxygens (including phenoxy) is 1. The summed E-state index contributed by atoms with van der Waals surface area (Å²) in [6.45, 7) is 10.0. The summed E-state index contributed by atoms with van der Waals surface area (Å²) >= 11 is 0. The van der Waals surface area contributed by atoms with E-state index in [9.17, 15) is 4.79 Å². The molecule has 1 aliphatic heterocycles. The standard InChI is InChI=1S/C18H27NO2/c1-17(2,3)15-8-5-14(6-9-15)7-10-16(20)19-18(4)11-12-21-13-18/h5-6,8-9H,7,10-13H2,1-4H3,(H,19,20)/t18-/m0/s1. The van der Waals surface area contributed by atoms with Gasteiger partial charge in [0.1, 0.15) is 0 Å². The Bertz CT molecular complexity index is 479. The molecule has 0 aliphatic carbocycles. The van der Waals surface area contributed by atoms with Crippen LogP contribution in [-0.2, 0) is 21.4 Å². The fourth-order valence-corrected chi connectivity index (χ4v) is 2.59. The molecule has 1 aromatic carbocycles. The third kappa shape index (κ3) is 4.57. The first-order valence-corrected chi connectivity index (χ1v) is 7.77. The van der Waals surface area contributed by atoms with Crippen molar-refractivity contribution < 1.29 is 9.53 Å². The predicted octanol–water partition coefficient (Wildman–Crippen LogP) is 3.21. The second-order valence-electron chi connectivity index (χ2n) is 7.36. The highest BCUT2D eigenvalue weighted by molar-refractivity contribution is 5.77. The number of benzene rings is 1. The summed E-state index contributed by atoms with van der Waals surface area (Å²) in [6.07, 6.45) is 2.22. The Labute approximate surface area is 128 Å². The maximum Gasteiger partial charge on any atom is 0.220 e. The SMILES string of the molecule is CC(C)(C)c1ccc(CCC(=O)N[C@@]2(C)CCOC2)cc1. The minimum absolute atomic E-state index is 0.114. The fourth-order valence-electron chi connectivity index (χ4n) is 2.59. The Morgan fingerprint density at radius 1 is 1.29 bits per heavy atom. The molecular weight excluding hydrogens is 262 g/mol. The third-order valence-corrected chi connectivity index (χ3v) is 4.12. The molecule has 3 nitrogen and oxygen atoms in total. The first kappa shape index (κ1) is 16.0. The Hall–Kier alpha value is -1.35. The van der Waals surface area contributed by atoms with Crippen LogP contribution in [0.15, 0.2) is 24.3 Å². The van der Waals surface area contributed by atoms with E-state index >= 15 is 0 Å². The fraction of sp³-hybridized carbons (Fsp3) is 0.611. The monoisotopic (exact) mass is 289 g/mol. The maximum absolute atomic E-state index is 12.0. The smallest absolute Gasteiger partial charge is 0.220 e. The van der Waals surface area contributed by atoms with Crippen LogP contribution in [0, 0.1) is 0 Å². The van der Waals surface area contributed by atoms with Gasteiger partial charge >= 0.3 is 0 Å². The number of carbonyl (C=O) groups is 1. The van der Waals surface area contributed by atoms with E-state index in [-0.39, 0.29) is 16.9 Å². The molecule has 0 spiro atoms. The average molecular weight is 289 g/mol. The molecule has 1 aromatic rings. The molecule has 1 heterocycles. The Morgan fingerprint density at radius 3 is 2.48 bits per heavy atom. The van der Waals surface area contributed by atoms with Crippen LogP contribution in [-0.4, -0.2) is 24.7 Å². The van der Waals surface area contributed by atoms with E-state index in [1.165, 1.54) is 11.1 Å². The highest BCUT2D eigenvalue weighted by Gasteiger charge is 2.30. The highest BCUT2D eigenvalue weighted by atomic mass is 16.5. The molecule has 2 rings (SSSR count). The van der Waals surface area contributed by atoms with E-state index in [1.54, 1.807) is 0 Å². The molecule has 0 radical (unpaired) electrons. The molecular formula is C18H27NO2. The van der Waals surface area contributed by atoms with Crippen LogP contribution >= 0.6 is 0 Å². The lowest BCUT2D eigenvalue weighted by Crippen LogP contribution is -2.46. The van der Waals surface area contributed by atoms with Gasteiger partial charge in [0.2, 0.25) is 5.91 Å². The number of amides is 1. The highest BCUT2D eigenvalue weighted by Crippen LogP contribution is 2.22. The number of hydrogen-bond donors (Lipinski definition) is 1. The Morgan fingerprint density at radius 2 is 1.95 bits per heavy atom. The lowest BCUT2D eigenvalue weighted by Gasteiger charge is -2.23. The molecule has 1 saturated heterocycles. The quantitative estimate of drug-likeness (QED) is 0.924. The van der Waals surface area contributed by atoms with E-state index in [2.05, 4.69) is 57.3 Å². The number of hydrogen-bond acceptors (Lipinski definition) is 2. The van der Waals surface area contributed by atoms with Gasteiger partial charge in [-0.15, -0.1) is 0 Å². The van der Waals surface area contributed by atoms with Crippen molar-refractivity contribution in [1.29, 1.82) is 0 Å². The zero-order valence-corrected chi connectivity index (χ0v) is 13.7. The van der Waals surface area contributed by atoms with Gasteiger partial charge in [0.15, 0.2) is 0 Å². The van der Waals surface area contributed by atoms with Crippen molar-refractivity contribution >= 4 is 5.91 Å². The number of rotatable bonds is 4. The first-order valence-electron chi connectivity index (χ1n) is 7.77. The van der Waals surface area contributed by atoms with E-state index < -0.39 is 0 Å². The normalized spacial score (nSPS) is 22.3. The summed E-state index contributed by atoms with van der Waals surface area (Å²) in [7, 11) is 0. The van der Waals surface area contributed by atoms with Crippen molar-refractivity contribution in [2.24, 2.45) is 0 Å². The van der Waals surface area contributed by atoms with E-state index in [0.717, 1.165) is 19.4 Å². The molecule has 21 heavy (non-hydrogen) atoms. The van der Waals surface area contributed by atoms with Crippen molar-refractivity contribution in [3.8, 4) is 0 Å². The molecule has 3 heteroatoms. The molecule has 116 valence electrons. The molecule has 1 N–H and O–H groups in total. The second kappa shape index (κ2) is 6.18. The summed E-state index contributed by atoms with van der Waals surface area (Å²) in [5.41, 5.74) is 2.54. The van der Waals surface area contributed by atoms with Crippen molar-refractivity contribution in [3.05, 3.63) is 35.4 Å². The molecule has 1 aliphatic rings. The minimum atomic E-state index is -0.173. The van der Waals surface area contributed by atoms with Gasteiger partial charge in [0, 0.05) is 13.0 Å². The predicted molar refractivity (Wildman–Crippen MR) is 85.4 cm³/mol. The van der Waals surface area contributed by atoms with Crippen LogP contribution in [0.25, 0.3) is 0 Å². The lowest BCUT2D eigenvalue weighted by molar-refractivity contribution is -0.122. The molecule has 0 unspecified atom stereocenters. The van der Waals surface area contributed by atoms with Crippen molar-refractivity contribution in [2.75, 3.05) is 13.2 Å².